The molecule has 0 aliphatic heterocycles. The number of aryl methyl sites for hydroxylation is 1. The lowest BCUT2D eigenvalue weighted by Gasteiger charge is -2.08. The minimum absolute atomic E-state index is 0.519. The highest BCUT2D eigenvalue weighted by molar-refractivity contribution is 9.10. The van der Waals surface area contributed by atoms with Crippen LogP contribution in [0.3, 0.4) is 0 Å². The lowest BCUT2D eigenvalue weighted by atomic mass is 10.2. The average molecular weight is 294 g/mol. The largest absolute Gasteiger partial charge is 0.439 e. The minimum Gasteiger partial charge on any atom is -0.439 e. The van der Waals surface area contributed by atoms with Crippen LogP contribution >= 0.6 is 15.9 Å². The number of halogens is 1. The van der Waals surface area contributed by atoms with E-state index in [4.69, 9.17) is 4.74 Å². The summed E-state index contributed by atoms with van der Waals surface area (Å²) in [5.74, 6) is 2.02. The molecule has 1 aromatic carbocycles. The maximum atomic E-state index is 5.71. The minimum atomic E-state index is 0.519. The van der Waals surface area contributed by atoms with Gasteiger partial charge in [-0.25, -0.2) is 9.97 Å². The molecule has 0 fully saturated rings. The van der Waals surface area contributed by atoms with Crippen molar-refractivity contribution >= 4 is 21.7 Å². The first-order chi connectivity index (χ1) is 8.19. The Labute approximate surface area is 108 Å². The third-order valence-electron chi connectivity index (χ3n) is 2.26. The summed E-state index contributed by atoms with van der Waals surface area (Å²) in [5, 5.41) is 2.94. The molecule has 4 nitrogen and oxygen atoms in total. The van der Waals surface area contributed by atoms with Crippen molar-refractivity contribution < 1.29 is 4.74 Å². The molecule has 0 aliphatic carbocycles. The second kappa shape index (κ2) is 5.14. The molecule has 0 spiro atoms. The van der Waals surface area contributed by atoms with Gasteiger partial charge < -0.3 is 10.1 Å². The molecule has 2 rings (SSSR count). The fourth-order valence-electron chi connectivity index (χ4n) is 1.33. The summed E-state index contributed by atoms with van der Waals surface area (Å²) >= 11 is 3.41. The van der Waals surface area contributed by atoms with Crippen LogP contribution in [0.5, 0.6) is 11.6 Å². The number of rotatable bonds is 3. The van der Waals surface area contributed by atoms with E-state index in [2.05, 4.69) is 31.2 Å². The fraction of sp³-hybridized carbons (Fsp3) is 0.167. The van der Waals surface area contributed by atoms with Crippen LogP contribution in [-0.4, -0.2) is 17.0 Å². The molecule has 17 heavy (non-hydrogen) atoms. The van der Waals surface area contributed by atoms with E-state index in [1.807, 2.05) is 25.1 Å². The standard InChI is InChI=1S/C12H12BrN3O/c1-8-3-4-9(13)5-10(8)17-12-6-11(14-2)15-7-16-12/h3-7H,1-2H3,(H,14,15,16). The van der Waals surface area contributed by atoms with E-state index in [1.54, 1.807) is 13.1 Å². The topological polar surface area (TPSA) is 47.0 Å². The Morgan fingerprint density at radius 1 is 1.24 bits per heavy atom. The van der Waals surface area contributed by atoms with Gasteiger partial charge in [-0.15, -0.1) is 0 Å². The molecule has 0 atom stereocenters. The van der Waals surface area contributed by atoms with Gasteiger partial charge in [-0.1, -0.05) is 22.0 Å². The van der Waals surface area contributed by atoms with Crippen molar-refractivity contribution in [3.8, 4) is 11.6 Å². The number of aromatic nitrogens is 2. The molecular formula is C12H12BrN3O. The summed E-state index contributed by atoms with van der Waals surface area (Å²) in [6.07, 6.45) is 1.47. The maximum Gasteiger partial charge on any atom is 0.224 e. The van der Waals surface area contributed by atoms with Gasteiger partial charge in [0.15, 0.2) is 0 Å². The number of nitrogens with one attached hydrogen (secondary N) is 1. The van der Waals surface area contributed by atoms with Gasteiger partial charge >= 0.3 is 0 Å². The number of benzene rings is 1. The van der Waals surface area contributed by atoms with E-state index < -0.39 is 0 Å². The Balaban J connectivity index is 2.27. The first-order valence-electron chi connectivity index (χ1n) is 5.13. The average Bonchev–Trinajstić information content (AvgIpc) is 2.34. The molecule has 2 aromatic rings. The SMILES string of the molecule is CNc1cc(Oc2cc(Br)ccc2C)ncn1. The van der Waals surface area contributed by atoms with Crippen LogP contribution in [0, 0.1) is 6.92 Å². The number of hydrogen-bond acceptors (Lipinski definition) is 4. The van der Waals surface area contributed by atoms with Crippen LogP contribution in [0.25, 0.3) is 0 Å². The van der Waals surface area contributed by atoms with Crippen LogP contribution in [0.15, 0.2) is 35.1 Å². The zero-order chi connectivity index (χ0) is 12.3. The van der Waals surface area contributed by atoms with Crippen LogP contribution in [-0.2, 0) is 0 Å². The lowest BCUT2D eigenvalue weighted by molar-refractivity contribution is 0.458. The zero-order valence-corrected chi connectivity index (χ0v) is 11.2. The van der Waals surface area contributed by atoms with E-state index in [0.29, 0.717) is 5.88 Å². The van der Waals surface area contributed by atoms with Gasteiger partial charge in [0.1, 0.15) is 17.9 Å². The summed E-state index contributed by atoms with van der Waals surface area (Å²) in [7, 11) is 1.80. The molecule has 1 aromatic heterocycles. The summed E-state index contributed by atoms with van der Waals surface area (Å²) < 4.78 is 6.68. The van der Waals surface area contributed by atoms with E-state index in [0.717, 1.165) is 21.6 Å². The number of hydrogen-bond donors (Lipinski definition) is 1. The summed E-state index contributed by atoms with van der Waals surface area (Å²) in [6.45, 7) is 1.99. The number of ether oxygens (including phenoxy) is 1. The quantitative estimate of drug-likeness (QED) is 0.942. The molecule has 0 aliphatic rings. The Bertz CT molecular complexity index is 531. The monoisotopic (exact) mass is 293 g/mol. The Hall–Kier alpha value is -1.62. The Morgan fingerprint density at radius 2 is 2.06 bits per heavy atom. The van der Waals surface area contributed by atoms with Gasteiger partial charge in [-0.3, -0.25) is 0 Å². The lowest BCUT2D eigenvalue weighted by Crippen LogP contribution is -1.95. The molecule has 0 amide bonds. The fourth-order valence-corrected chi connectivity index (χ4v) is 1.67. The summed E-state index contributed by atoms with van der Waals surface area (Å²) in [6, 6.07) is 7.62. The summed E-state index contributed by atoms with van der Waals surface area (Å²) in [5.41, 5.74) is 1.05. The van der Waals surface area contributed by atoms with Gasteiger partial charge in [-0.05, 0) is 24.6 Å². The zero-order valence-electron chi connectivity index (χ0n) is 9.57. The van der Waals surface area contributed by atoms with Crippen molar-refractivity contribution in [2.45, 2.75) is 6.92 Å². The van der Waals surface area contributed by atoms with E-state index in [1.165, 1.54) is 6.33 Å². The molecule has 0 saturated heterocycles. The normalized spacial score (nSPS) is 10.1. The van der Waals surface area contributed by atoms with Crippen molar-refractivity contribution in [2.24, 2.45) is 0 Å². The first kappa shape index (κ1) is 11.9. The number of anilines is 1. The predicted molar refractivity (Wildman–Crippen MR) is 70.5 cm³/mol. The summed E-state index contributed by atoms with van der Waals surface area (Å²) in [4.78, 5) is 8.09. The highest BCUT2D eigenvalue weighted by atomic mass is 79.9. The van der Waals surface area contributed by atoms with Crippen molar-refractivity contribution in [1.29, 1.82) is 0 Å². The third kappa shape index (κ3) is 2.94. The second-order valence-corrected chi connectivity index (χ2v) is 4.42. The molecule has 88 valence electrons. The second-order valence-electron chi connectivity index (χ2n) is 3.50. The van der Waals surface area contributed by atoms with Crippen LogP contribution in [0.1, 0.15) is 5.56 Å². The molecule has 0 bridgehead atoms. The predicted octanol–water partition coefficient (Wildman–Crippen LogP) is 3.38. The van der Waals surface area contributed by atoms with Crippen molar-refractivity contribution in [2.75, 3.05) is 12.4 Å². The maximum absolute atomic E-state index is 5.71. The van der Waals surface area contributed by atoms with Crippen molar-refractivity contribution in [1.82, 2.24) is 9.97 Å². The first-order valence-corrected chi connectivity index (χ1v) is 5.92. The van der Waals surface area contributed by atoms with Gasteiger partial charge in [0.05, 0.1) is 0 Å². The van der Waals surface area contributed by atoms with Gasteiger partial charge in [0, 0.05) is 17.6 Å². The van der Waals surface area contributed by atoms with Crippen molar-refractivity contribution in [3.05, 3.63) is 40.6 Å². The van der Waals surface area contributed by atoms with Gasteiger partial charge in [-0.2, -0.15) is 0 Å². The molecule has 1 heterocycles. The molecule has 0 radical (unpaired) electrons. The smallest absolute Gasteiger partial charge is 0.224 e. The number of nitrogens with zero attached hydrogens (tertiary/aromatic N) is 2. The van der Waals surface area contributed by atoms with Gasteiger partial charge in [0.2, 0.25) is 5.88 Å². The molecule has 1 N–H and O–H groups in total. The molecule has 0 unspecified atom stereocenters. The molecular weight excluding hydrogens is 282 g/mol. The van der Waals surface area contributed by atoms with Crippen LogP contribution < -0.4 is 10.1 Å². The van der Waals surface area contributed by atoms with Gasteiger partial charge in [0.25, 0.3) is 0 Å². The van der Waals surface area contributed by atoms with Crippen LogP contribution in [0.2, 0.25) is 0 Å². The third-order valence-corrected chi connectivity index (χ3v) is 2.76. The Kier molecular flexibility index (Phi) is 3.58. The van der Waals surface area contributed by atoms with E-state index >= 15 is 0 Å². The van der Waals surface area contributed by atoms with Crippen molar-refractivity contribution in [3.63, 3.8) is 0 Å². The van der Waals surface area contributed by atoms with Crippen LogP contribution in [0.4, 0.5) is 5.82 Å². The highest BCUT2D eigenvalue weighted by Crippen LogP contribution is 2.27. The van der Waals surface area contributed by atoms with E-state index in [-0.39, 0.29) is 0 Å². The Morgan fingerprint density at radius 3 is 2.82 bits per heavy atom. The molecule has 0 saturated carbocycles. The highest BCUT2D eigenvalue weighted by Gasteiger charge is 2.04. The molecule has 5 heteroatoms. The van der Waals surface area contributed by atoms with E-state index in [9.17, 15) is 0 Å².